The molecule has 0 bridgehead atoms. The number of hydrogen-bond donors (Lipinski definition) is 0. The van der Waals surface area contributed by atoms with Crippen molar-refractivity contribution in [2.75, 3.05) is 4.90 Å². The molecule has 11 aromatic carbocycles. The predicted octanol–water partition coefficient (Wildman–Crippen LogP) is 18.1. The molecule has 0 aliphatic heterocycles. The van der Waals surface area contributed by atoms with Gasteiger partial charge >= 0.3 is 0 Å². The van der Waals surface area contributed by atoms with E-state index in [1.165, 1.54) is 111 Å². The van der Waals surface area contributed by atoms with Crippen LogP contribution in [0.2, 0.25) is 0 Å². The SMILES string of the molecule is C=Cc1cccc(-c2ccc3c(c2)C2(c4ccccc4-3)c3ccccc3-c3ccc(-n4c5ccccc5c5cc(N(c6ccc(-c7ccccc7)cc6)c6ccc7c(c6)Cc6ccccc6-7)ccc54)cc32)c1. The molecule has 15 rings (SSSR count). The summed E-state index contributed by atoms with van der Waals surface area (Å²) < 4.78 is 2.50. The van der Waals surface area contributed by atoms with Crippen LogP contribution in [0, 0.1) is 0 Å². The van der Waals surface area contributed by atoms with Crippen molar-refractivity contribution >= 4 is 44.9 Å². The summed E-state index contributed by atoms with van der Waals surface area (Å²) in [7, 11) is 0. The van der Waals surface area contributed by atoms with Gasteiger partial charge in [-0.25, -0.2) is 0 Å². The Kier molecular flexibility index (Phi) is 8.82. The summed E-state index contributed by atoms with van der Waals surface area (Å²) in [6.45, 7) is 4.09. The van der Waals surface area contributed by atoms with Gasteiger partial charge in [0.05, 0.1) is 16.4 Å². The van der Waals surface area contributed by atoms with E-state index in [1.807, 2.05) is 6.08 Å². The molecule has 0 radical (unpaired) electrons. The van der Waals surface area contributed by atoms with Crippen molar-refractivity contribution in [1.29, 1.82) is 0 Å². The average Bonchev–Trinajstić information content (AvgIpc) is 4.17. The molecule has 1 heterocycles. The summed E-state index contributed by atoms with van der Waals surface area (Å²) >= 11 is 0. The largest absolute Gasteiger partial charge is 0.310 e. The van der Waals surface area contributed by atoms with E-state index in [0.717, 1.165) is 34.7 Å². The number of anilines is 3. The van der Waals surface area contributed by atoms with Crippen LogP contribution in [0.3, 0.4) is 0 Å². The molecule has 0 saturated carbocycles. The highest BCUT2D eigenvalue weighted by Gasteiger charge is 2.52. The first-order valence-electron chi connectivity index (χ1n) is 25.1. The minimum absolute atomic E-state index is 0.514. The quantitative estimate of drug-likeness (QED) is 0.155. The van der Waals surface area contributed by atoms with E-state index in [0.29, 0.717) is 0 Å². The maximum absolute atomic E-state index is 4.09. The van der Waals surface area contributed by atoms with Crippen LogP contribution in [0.4, 0.5) is 17.1 Å². The van der Waals surface area contributed by atoms with Gasteiger partial charge < -0.3 is 9.47 Å². The second-order valence-electron chi connectivity index (χ2n) is 19.6. The summed E-state index contributed by atoms with van der Waals surface area (Å²) in [4.78, 5) is 2.44. The minimum Gasteiger partial charge on any atom is -0.310 e. The van der Waals surface area contributed by atoms with Crippen LogP contribution in [0.25, 0.3) is 89.2 Å². The third-order valence-corrected chi connectivity index (χ3v) is 16.0. The minimum atomic E-state index is -0.514. The molecule has 1 unspecified atom stereocenters. The Bertz CT molecular complexity index is 4200. The molecular formula is C70H46N2. The van der Waals surface area contributed by atoms with Crippen molar-refractivity contribution in [3.63, 3.8) is 0 Å². The number of hydrogen-bond acceptors (Lipinski definition) is 1. The lowest BCUT2D eigenvalue weighted by Gasteiger charge is -2.31. The Labute approximate surface area is 419 Å². The Hall–Kier alpha value is -9.24. The summed E-state index contributed by atoms with van der Waals surface area (Å²) in [6, 6.07) is 92.9. The zero-order valence-electron chi connectivity index (χ0n) is 39.6. The fraction of sp³-hybridized carbons (Fsp3) is 0.0286. The molecule has 0 N–H and O–H groups in total. The van der Waals surface area contributed by atoms with Crippen LogP contribution >= 0.6 is 0 Å². The van der Waals surface area contributed by atoms with Crippen molar-refractivity contribution in [3.8, 4) is 61.3 Å². The van der Waals surface area contributed by atoms with Gasteiger partial charge in [0.25, 0.3) is 0 Å². The van der Waals surface area contributed by atoms with E-state index in [2.05, 4.69) is 265 Å². The lowest BCUT2D eigenvalue weighted by Crippen LogP contribution is -2.26. The lowest BCUT2D eigenvalue weighted by atomic mass is 9.70. The van der Waals surface area contributed by atoms with Gasteiger partial charge in [0.2, 0.25) is 0 Å². The smallest absolute Gasteiger partial charge is 0.0726 e. The molecule has 1 spiro atoms. The van der Waals surface area contributed by atoms with Crippen molar-refractivity contribution in [2.24, 2.45) is 0 Å². The van der Waals surface area contributed by atoms with Crippen LogP contribution in [0.5, 0.6) is 0 Å². The summed E-state index contributed by atoms with van der Waals surface area (Å²) in [5, 5.41) is 2.43. The average molecular weight is 915 g/mol. The molecular weight excluding hydrogens is 869 g/mol. The van der Waals surface area contributed by atoms with Crippen LogP contribution < -0.4 is 4.90 Å². The van der Waals surface area contributed by atoms with Gasteiger partial charge in [-0.15, -0.1) is 0 Å². The third-order valence-electron chi connectivity index (χ3n) is 16.0. The molecule has 1 aromatic heterocycles. The van der Waals surface area contributed by atoms with Crippen LogP contribution in [0.1, 0.15) is 38.9 Å². The highest BCUT2D eigenvalue weighted by molar-refractivity contribution is 6.11. The Morgan fingerprint density at radius 1 is 0.361 bits per heavy atom. The van der Waals surface area contributed by atoms with E-state index in [-0.39, 0.29) is 0 Å². The maximum atomic E-state index is 4.09. The fourth-order valence-corrected chi connectivity index (χ4v) is 12.8. The number of aromatic nitrogens is 1. The summed E-state index contributed by atoms with van der Waals surface area (Å²) in [6.07, 6.45) is 2.87. The topological polar surface area (TPSA) is 8.17 Å². The first kappa shape index (κ1) is 40.6. The molecule has 0 fully saturated rings. The van der Waals surface area contributed by atoms with E-state index >= 15 is 0 Å². The molecule has 1 atom stereocenters. The van der Waals surface area contributed by atoms with E-state index in [9.17, 15) is 0 Å². The van der Waals surface area contributed by atoms with E-state index < -0.39 is 5.41 Å². The second kappa shape index (κ2) is 15.6. The van der Waals surface area contributed by atoms with E-state index in [1.54, 1.807) is 0 Å². The summed E-state index contributed by atoms with van der Waals surface area (Å²) in [5.74, 6) is 0. The monoisotopic (exact) mass is 914 g/mol. The first-order chi connectivity index (χ1) is 35.6. The molecule has 0 saturated heterocycles. The van der Waals surface area contributed by atoms with Gasteiger partial charge in [0.1, 0.15) is 0 Å². The van der Waals surface area contributed by atoms with Crippen LogP contribution in [0.15, 0.2) is 255 Å². The zero-order valence-corrected chi connectivity index (χ0v) is 39.6. The Morgan fingerprint density at radius 3 is 1.72 bits per heavy atom. The maximum Gasteiger partial charge on any atom is 0.0726 e. The van der Waals surface area contributed by atoms with Gasteiger partial charge in [-0.1, -0.05) is 189 Å². The van der Waals surface area contributed by atoms with Gasteiger partial charge in [-0.3, -0.25) is 0 Å². The normalized spacial score (nSPS) is 14.4. The summed E-state index contributed by atoms with van der Waals surface area (Å²) in [5.41, 5.74) is 28.2. The first-order valence-corrected chi connectivity index (χ1v) is 25.1. The number of nitrogens with zero attached hydrogens (tertiary/aromatic N) is 2. The van der Waals surface area contributed by atoms with Crippen molar-refractivity contribution in [2.45, 2.75) is 11.8 Å². The number of benzene rings is 11. The van der Waals surface area contributed by atoms with Crippen molar-refractivity contribution in [3.05, 3.63) is 294 Å². The van der Waals surface area contributed by atoms with Gasteiger partial charge in [0.15, 0.2) is 0 Å². The molecule has 3 aliphatic carbocycles. The standard InChI is InChI=1S/C70H46N2/c1-2-45-15-14-19-48(39-45)49-29-35-60-58-21-8-11-24-64(58)70(66(60)42-49)65-25-12-9-22-59(65)61-37-33-55(44-67(61)70)72-68-26-13-10-23-62(68)63-43-54(34-38-69(63)72)71(52-30-27-47(28-31-52)46-16-4-3-5-17-46)53-32-36-57-51(41-53)40-50-18-6-7-20-56(50)57/h2-39,41-44H,1,40H2. The van der Waals surface area contributed by atoms with Gasteiger partial charge in [-0.05, 0) is 174 Å². The lowest BCUT2D eigenvalue weighted by molar-refractivity contribution is 0.793. The van der Waals surface area contributed by atoms with Crippen LogP contribution in [-0.2, 0) is 11.8 Å². The molecule has 2 nitrogen and oxygen atoms in total. The molecule has 72 heavy (non-hydrogen) atoms. The highest BCUT2D eigenvalue weighted by Crippen LogP contribution is 2.63. The molecule has 3 aliphatic rings. The van der Waals surface area contributed by atoms with E-state index in [4.69, 9.17) is 0 Å². The highest BCUT2D eigenvalue weighted by atomic mass is 15.1. The molecule has 336 valence electrons. The zero-order chi connectivity index (χ0) is 47.5. The molecule has 2 heteroatoms. The third kappa shape index (κ3) is 5.84. The molecule has 0 amide bonds. The number of fused-ring (bicyclic) bond motifs is 16. The molecule has 12 aromatic rings. The number of para-hydroxylation sites is 1. The Balaban J connectivity index is 0.917. The predicted molar refractivity (Wildman–Crippen MR) is 301 cm³/mol. The fourth-order valence-electron chi connectivity index (χ4n) is 12.8. The van der Waals surface area contributed by atoms with Gasteiger partial charge in [-0.2, -0.15) is 0 Å². The second-order valence-corrected chi connectivity index (χ2v) is 19.6. The Morgan fingerprint density at radius 2 is 0.917 bits per heavy atom. The van der Waals surface area contributed by atoms with Crippen LogP contribution in [-0.4, -0.2) is 4.57 Å². The van der Waals surface area contributed by atoms with Crippen molar-refractivity contribution < 1.29 is 0 Å². The number of rotatable bonds is 7. The van der Waals surface area contributed by atoms with Gasteiger partial charge in [0, 0.05) is 33.5 Å². The van der Waals surface area contributed by atoms with Crippen molar-refractivity contribution in [1.82, 2.24) is 4.57 Å².